The van der Waals surface area contributed by atoms with Crippen LogP contribution in [0.3, 0.4) is 0 Å². The molecular formula is C21H33NO6. The highest BCUT2D eigenvalue weighted by Gasteiger charge is 2.15. The fraction of sp³-hybridized carbons (Fsp3) is 0.619. The molecule has 0 saturated heterocycles. The Bertz CT molecular complexity index is 556. The zero-order valence-corrected chi connectivity index (χ0v) is 17.2. The summed E-state index contributed by atoms with van der Waals surface area (Å²) in [7, 11) is 0. The van der Waals surface area contributed by atoms with Gasteiger partial charge < -0.3 is 24.3 Å². The van der Waals surface area contributed by atoms with E-state index in [4.69, 9.17) is 18.9 Å². The number of esters is 1. The van der Waals surface area contributed by atoms with Crippen molar-refractivity contribution < 1.29 is 28.5 Å². The first-order valence-corrected chi connectivity index (χ1v) is 9.69. The molecule has 0 heterocycles. The van der Waals surface area contributed by atoms with Crippen LogP contribution in [0.1, 0.15) is 45.6 Å². The Balaban J connectivity index is 1.85. The highest BCUT2D eigenvalue weighted by molar-refractivity contribution is 5.69. The number of alkyl carbamates (subject to hydrolysis) is 1. The van der Waals surface area contributed by atoms with Crippen LogP contribution in [-0.4, -0.2) is 50.6 Å². The summed E-state index contributed by atoms with van der Waals surface area (Å²) in [5, 5.41) is 2.69. The molecule has 0 atom stereocenters. The summed E-state index contributed by atoms with van der Waals surface area (Å²) in [5.74, 6) is -0.251. The van der Waals surface area contributed by atoms with Gasteiger partial charge in [0.05, 0.1) is 13.0 Å². The molecule has 0 radical (unpaired) electrons. The zero-order valence-electron chi connectivity index (χ0n) is 17.2. The van der Waals surface area contributed by atoms with E-state index in [1.54, 1.807) is 0 Å². The van der Waals surface area contributed by atoms with E-state index in [2.05, 4.69) is 5.32 Å². The Labute approximate surface area is 167 Å². The summed E-state index contributed by atoms with van der Waals surface area (Å²) in [6.07, 6.45) is 1.28. The number of benzene rings is 1. The lowest BCUT2D eigenvalue weighted by atomic mass is 10.2. The first kappa shape index (κ1) is 23.9. The summed E-state index contributed by atoms with van der Waals surface area (Å²) in [6, 6.07) is 9.53. The molecule has 1 aromatic carbocycles. The van der Waals surface area contributed by atoms with Gasteiger partial charge in [-0.1, -0.05) is 30.3 Å². The zero-order chi connectivity index (χ0) is 20.7. The van der Waals surface area contributed by atoms with Gasteiger partial charge in [0.15, 0.2) is 0 Å². The van der Waals surface area contributed by atoms with Crippen molar-refractivity contribution in [3.05, 3.63) is 35.9 Å². The number of nitrogens with one attached hydrogen (secondary N) is 1. The molecule has 7 nitrogen and oxygen atoms in total. The fourth-order valence-electron chi connectivity index (χ4n) is 2.15. The van der Waals surface area contributed by atoms with Gasteiger partial charge >= 0.3 is 12.1 Å². The summed E-state index contributed by atoms with van der Waals surface area (Å²) >= 11 is 0. The summed E-state index contributed by atoms with van der Waals surface area (Å²) < 4.78 is 21.2. The third-order valence-corrected chi connectivity index (χ3v) is 3.40. The second kappa shape index (κ2) is 14.0. The number of hydrogen-bond acceptors (Lipinski definition) is 6. The monoisotopic (exact) mass is 395 g/mol. The molecule has 1 N–H and O–H groups in total. The predicted octanol–water partition coefficient (Wildman–Crippen LogP) is 3.46. The van der Waals surface area contributed by atoms with Crippen LogP contribution in [0.25, 0.3) is 0 Å². The van der Waals surface area contributed by atoms with E-state index >= 15 is 0 Å². The molecule has 0 aliphatic rings. The first-order valence-electron chi connectivity index (χ1n) is 9.69. The Morgan fingerprint density at radius 2 is 1.57 bits per heavy atom. The van der Waals surface area contributed by atoms with Gasteiger partial charge in [-0.05, 0) is 39.2 Å². The first-order chi connectivity index (χ1) is 13.4. The maximum Gasteiger partial charge on any atom is 0.407 e. The van der Waals surface area contributed by atoms with Crippen molar-refractivity contribution in [3.8, 4) is 0 Å². The lowest BCUT2D eigenvalue weighted by molar-refractivity contribution is -0.156. The molecule has 28 heavy (non-hydrogen) atoms. The third kappa shape index (κ3) is 14.0. The Kier molecular flexibility index (Phi) is 11.9. The van der Waals surface area contributed by atoms with E-state index < -0.39 is 11.7 Å². The van der Waals surface area contributed by atoms with E-state index in [0.717, 1.165) is 12.0 Å². The number of rotatable bonds is 13. The predicted molar refractivity (Wildman–Crippen MR) is 106 cm³/mol. The molecule has 0 spiro atoms. The highest BCUT2D eigenvalue weighted by atomic mass is 16.6. The quantitative estimate of drug-likeness (QED) is 0.407. The van der Waals surface area contributed by atoms with Crippen LogP contribution in [0.2, 0.25) is 0 Å². The molecule has 1 aromatic rings. The molecule has 0 unspecified atom stereocenters. The van der Waals surface area contributed by atoms with Crippen LogP contribution in [0.15, 0.2) is 30.3 Å². The minimum Gasteiger partial charge on any atom is -0.460 e. The molecule has 0 aliphatic heterocycles. The van der Waals surface area contributed by atoms with Crippen molar-refractivity contribution in [2.45, 2.75) is 52.2 Å². The van der Waals surface area contributed by atoms with E-state index in [1.165, 1.54) is 0 Å². The number of hydrogen-bond donors (Lipinski definition) is 1. The Morgan fingerprint density at radius 1 is 0.929 bits per heavy atom. The van der Waals surface area contributed by atoms with Gasteiger partial charge in [0.1, 0.15) is 12.2 Å². The van der Waals surface area contributed by atoms with Crippen molar-refractivity contribution in [1.82, 2.24) is 5.32 Å². The van der Waals surface area contributed by atoms with Crippen molar-refractivity contribution >= 4 is 12.1 Å². The van der Waals surface area contributed by atoms with E-state index in [-0.39, 0.29) is 19.0 Å². The SMILES string of the molecule is CC(C)(C)OC(=O)CCOCCCOCCCNC(=O)OCc1ccccc1. The van der Waals surface area contributed by atoms with Crippen molar-refractivity contribution in [2.24, 2.45) is 0 Å². The smallest absolute Gasteiger partial charge is 0.407 e. The van der Waals surface area contributed by atoms with Gasteiger partial charge in [0.2, 0.25) is 0 Å². The fourth-order valence-corrected chi connectivity index (χ4v) is 2.15. The minimum absolute atomic E-state index is 0.251. The standard InChI is InChI=1S/C21H33NO6/c1-21(2,3)28-19(23)11-16-26-15-8-14-25-13-7-12-22-20(24)27-17-18-9-5-4-6-10-18/h4-6,9-10H,7-8,11-17H2,1-3H3,(H,22,24). The van der Waals surface area contributed by atoms with Crippen LogP contribution < -0.4 is 5.32 Å². The van der Waals surface area contributed by atoms with Crippen LogP contribution >= 0.6 is 0 Å². The van der Waals surface area contributed by atoms with Crippen molar-refractivity contribution in [2.75, 3.05) is 33.0 Å². The molecule has 1 amide bonds. The van der Waals surface area contributed by atoms with Gasteiger partial charge in [0, 0.05) is 26.4 Å². The number of carbonyl (C=O) groups excluding carboxylic acids is 2. The van der Waals surface area contributed by atoms with E-state index in [9.17, 15) is 9.59 Å². The summed E-state index contributed by atoms with van der Waals surface area (Å²) in [4.78, 5) is 23.0. The number of carbonyl (C=O) groups is 2. The van der Waals surface area contributed by atoms with Crippen LogP contribution in [0, 0.1) is 0 Å². The molecule has 0 aromatic heterocycles. The van der Waals surface area contributed by atoms with Gasteiger partial charge in [-0.25, -0.2) is 4.79 Å². The lowest BCUT2D eigenvalue weighted by Gasteiger charge is -2.19. The third-order valence-electron chi connectivity index (χ3n) is 3.40. The lowest BCUT2D eigenvalue weighted by Crippen LogP contribution is -2.26. The van der Waals surface area contributed by atoms with E-state index in [0.29, 0.717) is 39.4 Å². The molecule has 0 aliphatic carbocycles. The average molecular weight is 395 g/mol. The second-order valence-electron chi connectivity index (χ2n) is 7.26. The molecule has 7 heteroatoms. The van der Waals surface area contributed by atoms with Gasteiger partial charge in [-0.2, -0.15) is 0 Å². The molecule has 0 fully saturated rings. The highest BCUT2D eigenvalue weighted by Crippen LogP contribution is 2.08. The number of ether oxygens (including phenoxy) is 4. The van der Waals surface area contributed by atoms with Gasteiger partial charge in [-0.15, -0.1) is 0 Å². The van der Waals surface area contributed by atoms with Crippen molar-refractivity contribution in [3.63, 3.8) is 0 Å². The molecule has 1 rings (SSSR count). The van der Waals surface area contributed by atoms with Crippen molar-refractivity contribution in [1.29, 1.82) is 0 Å². The van der Waals surface area contributed by atoms with Gasteiger partial charge in [0.25, 0.3) is 0 Å². The minimum atomic E-state index is -0.460. The van der Waals surface area contributed by atoms with Crippen LogP contribution in [0.4, 0.5) is 4.79 Å². The molecular weight excluding hydrogens is 362 g/mol. The maximum atomic E-state index is 11.6. The molecule has 0 saturated carbocycles. The Hall–Kier alpha value is -2.12. The van der Waals surface area contributed by atoms with Gasteiger partial charge in [-0.3, -0.25) is 4.79 Å². The summed E-state index contributed by atoms with van der Waals surface area (Å²) in [5.41, 5.74) is 0.493. The Morgan fingerprint density at radius 3 is 2.25 bits per heavy atom. The second-order valence-corrected chi connectivity index (χ2v) is 7.26. The largest absolute Gasteiger partial charge is 0.460 e. The average Bonchev–Trinajstić information content (AvgIpc) is 2.64. The topological polar surface area (TPSA) is 83.1 Å². The normalized spacial score (nSPS) is 11.1. The molecule has 0 bridgehead atoms. The molecule has 158 valence electrons. The summed E-state index contributed by atoms with van der Waals surface area (Å²) in [6.45, 7) is 8.29. The number of amides is 1. The van der Waals surface area contributed by atoms with Crippen LogP contribution in [0.5, 0.6) is 0 Å². The van der Waals surface area contributed by atoms with E-state index in [1.807, 2.05) is 51.1 Å². The van der Waals surface area contributed by atoms with Crippen LogP contribution in [-0.2, 0) is 30.3 Å². The maximum absolute atomic E-state index is 11.6.